The van der Waals surface area contributed by atoms with Crippen molar-refractivity contribution >= 4 is 17.8 Å². The highest BCUT2D eigenvalue weighted by atomic mass is 16.6. The predicted molar refractivity (Wildman–Crippen MR) is 146 cm³/mol. The number of amides is 1. The van der Waals surface area contributed by atoms with Gasteiger partial charge in [0.1, 0.15) is 0 Å². The summed E-state index contributed by atoms with van der Waals surface area (Å²) in [6.07, 6.45) is 12.7. The summed E-state index contributed by atoms with van der Waals surface area (Å²) in [7, 11) is 0. The van der Waals surface area contributed by atoms with Crippen molar-refractivity contribution in [1.29, 1.82) is 0 Å². The molecule has 0 saturated heterocycles. The van der Waals surface area contributed by atoms with E-state index in [-0.39, 0.29) is 42.0 Å². The van der Waals surface area contributed by atoms with E-state index in [1.54, 1.807) is 0 Å². The maximum Gasteiger partial charge on any atom is 0.307 e. The number of aliphatic carboxylic acids is 2. The van der Waals surface area contributed by atoms with Gasteiger partial charge in [-0.15, -0.1) is 0 Å². The molecule has 0 aliphatic heterocycles. The van der Waals surface area contributed by atoms with Crippen LogP contribution >= 0.6 is 0 Å². The normalized spacial score (nSPS) is 39.5. The molecule has 4 N–H and O–H groups in total. The lowest BCUT2D eigenvalue weighted by Gasteiger charge is -2.36. The van der Waals surface area contributed by atoms with Crippen molar-refractivity contribution in [3.8, 4) is 0 Å². The molecular formula is C30H50N2O7. The highest BCUT2D eigenvalue weighted by molar-refractivity contribution is 5.85. The summed E-state index contributed by atoms with van der Waals surface area (Å²) in [5.41, 5.74) is 3.21. The standard InChI is InChI=1S/C30H50N2O7/c1-18-3-13-25(29(34)35)20(15-18)17-38-32-22-7-11-24(12-8-22)39-23-9-5-21(6-10-23)31-28(33)27-16-19(2)4-14-26(27)30(36)37/h18-27,32H,3-17H2,1-2H3,(H,31,33)(H,34,35)(H,36,37). The summed E-state index contributed by atoms with van der Waals surface area (Å²) in [5.74, 6) is -1.89. The molecule has 4 aliphatic carbocycles. The second kappa shape index (κ2) is 14.3. The van der Waals surface area contributed by atoms with Gasteiger partial charge in [-0.3, -0.25) is 14.4 Å². The lowest BCUT2D eigenvalue weighted by atomic mass is 9.74. The zero-order chi connectivity index (χ0) is 27.9. The SMILES string of the molecule is CC1CCC(C(=O)O)C(CONC2CCC(OC3CCC(NC(=O)C4CC(C)CCC4C(=O)O)CC3)CC2)C1. The van der Waals surface area contributed by atoms with Crippen LogP contribution in [0.4, 0.5) is 0 Å². The summed E-state index contributed by atoms with van der Waals surface area (Å²) in [6.45, 7) is 4.75. The Morgan fingerprint density at radius 3 is 1.79 bits per heavy atom. The monoisotopic (exact) mass is 550 g/mol. The average Bonchev–Trinajstić information content (AvgIpc) is 2.90. The molecule has 4 rings (SSSR count). The Balaban J connectivity index is 1.10. The second-order valence-electron chi connectivity index (χ2n) is 13.1. The molecule has 0 radical (unpaired) electrons. The predicted octanol–water partition coefficient (Wildman–Crippen LogP) is 4.54. The summed E-state index contributed by atoms with van der Waals surface area (Å²) in [5, 5.41) is 22.3. The van der Waals surface area contributed by atoms with Crippen molar-refractivity contribution in [1.82, 2.24) is 10.8 Å². The summed E-state index contributed by atoms with van der Waals surface area (Å²) in [6, 6.07) is 0.381. The van der Waals surface area contributed by atoms with Crippen molar-refractivity contribution in [2.24, 2.45) is 35.5 Å². The maximum atomic E-state index is 12.9. The first-order valence-electron chi connectivity index (χ1n) is 15.5. The molecule has 39 heavy (non-hydrogen) atoms. The zero-order valence-corrected chi connectivity index (χ0v) is 23.8. The van der Waals surface area contributed by atoms with Gasteiger partial charge in [-0.1, -0.05) is 13.8 Å². The van der Waals surface area contributed by atoms with Crippen LogP contribution in [0.1, 0.15) is 104 Å². The number of nitrogens with one attached hydrogen (secondary N) is 2. The van der Waals surface area contributed by atoms with E-state index in [0.717, 1.165) is 77.0 Å². The fraction of sp³-hybridized carbons (Fsp3) is 0.900. The lowest BCUT2D eigenvalue weighted by molar-refractivity contribution is -0.150. The minimum Gasteiger partial charge on any atom is -0.481 e. The van der Waals surface area contributed by atoms with Gasteiger partial charge in [-0.25, -0.2) is 0 Å². The molecule has 0 heterocycles. The molecule has 6 unspecified atom stereocenters. The van der Waals surface area contributed by atoms with Crippen LogP contribution in [0.5, 0.6) is 0 Å². The van der Waals surface area contributed by atoms with Gasteiger partial charge >= 0.3 is 11.9 Å². The van der Waals surface area contributed by atoms with E-state index < -0.39 is 23.8 Å². The number of carbonyl (C=O) groups excluding carboxylic acids is 1. The lowest BCUT2D eigenvalue weighted by Crippen LogP contribution is -2.46. The van der Waals surface area contributed by atoms with Crippen LogP contribution in [-0.2, 0) is 24.0 Å². The summed E-state index contributed by atoms with van der Waals surface area (Å²) >= 11 is 0. The van der Waals surface area contributed by atoms with E-state index in [1.807, 2.05) is 0 Å². The van der Waals surface area contributed by atoms with E-state index in [1.165, 1.54) is 0 Å². The topological polar surface area (TPSA) is 134 Å². The molecule has 0 bridgehead atoms. The van der Waals surface area contributed by atoms with E-state index >= 15 is 0 Å². The second-order valence-corrected chi connectivity index (χ2v) is 13.1. The molecule has 9 heteroatoms. The maximum absolute atomic E-state index is 12.9. The van der Waals surface area contributed by atoms with Crippen LogP contribution in [0.2, 0.25) is 0 Å². The molecule has 6 atom stereocenters. The molecule has 4 fully saturated rings. The molecule has 222 valence electrons. The van der Waals surface area contributed by atoms with Gasteiger partial charge in [-0.2, -0.15) is 5.48 Å². The Bertz CT molecular complexity index is 822. The third-order valence-corrected chi connectivity index (χ3v) is 9.96. The van der Waals surface area contributed by atoms with E-state index in [2.05, 4.69) is 24.6 Å². The molecule has 0 aromatic heterocycles. The molecule has 0 spiro atoms. The molecular weight excluding hydrogens is 500 g/mol. The van der Waals surface area contributed by atoms with Crippen molar-refractivity contribution < 1.29 is 34.2 Å². The van der Waals surface area contributed by atoms with Gasteiger partial charge < -0.3 is 25.1 Å². The largest absolute Gasteiger partial charge is 0.481 e. The van der Waals surface area contributed by atoms with Crippen LogP contribution in [-0.4, -0.2) is 59.0 Å². The van der Waals surface area contributed by atoms with Gasteiger partial charge in [0.25, 0.3) is 0 Å². The average molecular weight is 551 g/mol. The molecule has 1 amide bonds. The Hall–Kier alpha value is -1.71. The van der Waals surface area contributed by atoms with Gasteiger partial charge in [0.15, 0.2) is 0 Å². The molecule has 4 aliphatic rings. The van der Waals surface area contributed by atoms with Crippen molar-refractivity contribution in [2.75, 3.05) is 6.61 Å². The minimum atomic E-state index is -0.846. The number of ether oxygens (including phenoxy) is 1. The number of carbonyl (C=O) groups is 3. The number of hydroxylamine groups is 1. The summed E-state index contributed by atoms with van der Waals surface area (Å²) in [4.78, 5) is 42.0. The number of rotatable bonds is 10. The Kier molecular flexibility index (Phi) is 11.1. The Morgan fingerprint density at radius 1 is 0.667 bits per heavy atom. The van der Waals surface area contributed by atoms with Crippen LogP contribution < -0.4 is 10.8 Å². The van der Waals surface area contributed by atoms with Gasteiger partial charge in [0.2, 0.25) is 5.91 Å². The van der Waals surface area contributed by atoms with Gasteiger partial charge in [0.05, 0.1) is 36.6 Å². The number of hydrogen-bond acceptors (Lipinski definition) is 6. The quantitative estimate of drug-likeness (QED) is 0.291. The number of carboxylic acids is 2. The number of carboxylic acid groups (broad SMARTS) is 2. The van der Waals surface area contributed by atoms with Crippen molar-refractivity contribution in [3.05, 3.63) is 0 Å². The fourth-order valence-corrected chi connectivity index (χ4v) is 7.49. The van der Waals surface area contributed by atoms with Gasteiger partial charge in [-0.05, 0) is 108 Å². The third kappa shape index (κ3) is 8.64. The van der Waals surface area contributed by atoms with Crippen LogP contribution in [0, 0.1) is 35.5 Å². The third-order valence-electron chi connectivity index (χ3n) is 9.96. The van der Waals surface area contributed by atoms with E-state index in [0.29, 0.717) is 31.3 Å². The highest BCUT2D eigenvalue weighted by Gasteiger charge is 2.39. The molecule has 0 aromatic rings. The van der Waals surface area contributed by atoms with Crippen LogP contribution in [0.15, 0.2) is 0 Å². The van der Waals surface area contributed by atoms with Gasteiger partial charge in [0, 0.05) is 12.1 Å². The van der Waals surface area contributed by atoms with Crippen molar-refractivity contribution in [2.45, 2.75) is 128 Å². The van der Waals surface area contributed by atoms with E-state index in [9.17, 15) is 24.6 Å². The molecule has 9 nitrogen and oxygen atoms in total. The smallest absolute Gasteiger partial charge is 0.307 e. The first kappa shape index (κ1) is 30.3. The Labute approximate surface area is 233 Å². The van der Waals surface area contributed by atoms with Crippen LogP contribution in [0.3, 0.4) is 0 Å². The minimum absolute atomic E-state index is 0.0724. The van der Waals surface area contributed by atoms with Crippen molar-refractivity contribution in [3.63, 3.8) is 0 Å². The first-order valence-corrected chi connectivity index (χ1v) is 15.5. The van der Waals surface area contributed by atoms with E-state index in [4.69, 9.17) is 9.57 Å². The fourth-order valence-electron chi connectivity index (χ4n) is 7.49. The number of hydrogen-bond donors (Lipinski definition) is 4. The molecule has 4 saturated carbocycles. The Morgan fingerprint density at radius 2 is 1.21 bits per heavy atom. The zero-order valence-electron chi connectivity index (χ0n) is 23.8. The first-order chi connectivity index (χ1) is 18.7. The molecule has 0 aromatic carbocycles. The van der Waals surface area contributed by atoms with Crippen LogP contribution in [0.25, 0.3) is 0 Å². The highest BCUT2D eigenvalue weighted by Crippen LogP contribution is 2.36. The summed E-state index contributed by atoms with van der Waals surface area (Å²) < 4.78 is 6.44.